The highest BCUT2D eigenvalue weighted by Gasteiger charge is 2.18. The van der Waals surface area contributed by atoms with Crippen LogP contribution in [0.2, 0.25) is 0 Å². The average molecular weight is 233 g/mol. The number of rotatable bonds is 8. The first kappa shape index (κ1) is 14.3. The third-order valence-corrected chi connectivity index (χ3v) is 2.65. The molecule has 4 nitrogen and oxygen atoms in total. The number of nitrogens with one attached hydrogen (secondary N) is 1. The lowest BCUT2D eigenvalue weighted by Gasteiger charge is -2.13. The highest BCUT2D eigenvalue weighted by atomic mass is 32.2. The molecule has 0 bridgehead atoms. The third kappa shape index (κ3) is 7.25. The number of aliphatic carboxylic acids is 1. The summed E-state index contributed by atoms with van der Waals surface area (Å²) in [6.07, 6.45) is 4.56. The van der Waals surface area contributed by atoms with Crippen molar-refractivity contribution in [3.63, 3.8) is 0 Å². The molecule has 0 aliphatic rings. The Morgan fingerprint density at radius 2 is 2.13 bits per heavy atom. The summed E-state index contributed by atoms with van der Waals surface area (Å²) in [5.74, 6) is -0.371. The van der Waals surface area contributed by atoms with Gasteiger partial charge in [-0.15, -0.1) is 0 Å². The molecular weight excluding hydrogens is 214 g/mol. The highest BCUT2D eigenvalue weighted by Crippen LogP contribution is 2.02. The van der Waals surface area contributed by atoms with Crippen LogP contribution in [0.5, 0.6) is 0 Å². The van der Waals surface area contributed by atoms with Gasteiger partial charge in [0.2, 0.25) is 5.91 Å². The number of amides is 1. The first-order valence-corrected chi connectivity index (χ1v) is 6.52. The molecule has 2 N–H and O–H groups in total. The van der Waals surface area contributed by atoms with E-state index in [2.05, 4.69) is 5.32 Å². The smallest absolute Gasteiger partial charge is 0.326 e. The number of carboxylic acids is 1. The molecule has 0 radical (unpaired) electrons. The largest absolute Gasteiger partial charge is 0.480 e. The van der Waals surface area contributed by atoms with Gasteiger partial charge in [-0.1, -0.05) is 13.3 Å². The van der Waals surface area contributed by atoms with E-state index in [9.17, 15) is 9.59 Å². The number of hydrogen-bond acceptors (Lipinski definition) is 3. The Morgan fingerprint density at radius 1 is 1.47 bits per heavy atom. The maximum atomic E-state index is 11.3. The van der Waals surface area contributed by atoms with Gasteiger partial charge in [-0.2, -0.15) is 11.8 Å². The fourth-order valence-corrected chi connectivity index (χ4v) is 1.57. The topological polar surface area (TPSA) is 66.4 Å². The average Bonchev–Trinajstić information content (AvgIpc) is 2.20. The second-order valence-corrected chi connectivity index (χ2v) is 4.33. The molecule has 1 atom stereocenters. The van der Waals surface area contributed by atoms with Gasteiger partial charge < -0.3 is 10.4 Å². The summed E-state index contributed by atoms with van der Waals surface area (Å²) in [5, 5.41) is 11.4. The van der Waals surface area contributed by atoms with E-state index >= 15 is 0 Å². The molecule has 1 amide bonds. The molecule has 1 unspecified atom stereocenters. The molecule has 0 aliphatic heterocycles. The minimum absolute atomic E-state index is 0.162. The molecule has 0 spiro atoms. The molecule has 0 saturated heterocycles. The highest BCUT2D eigenvalue weighted by molar-refractivity contribution is 7.98. The zero-order valence-electron chi connectivity index (χ0n) is 9.28. The first-order valence-electron chi connectivity index (χ1n) is 5.13. The number of carbonyl (C=O) groups excluding carboxylic acids is 1. The predicted octanol–water partition coefficient (Wildman–Crippen LogP) is 1.50. The van der Waals surface area contributed by atoms with E-state index in [1.165, 1.54) is 0 Å². The summed E-state index contributed by atoms with van der Waals surface area (Å²) < 4.78 is 0. The van der Waals surface area contributed by atoms with E-state index in [-0.39, 0.29) is 5.91 Å². The number of carbonyl (C=O) groups is 2. The van der Waals surface area contributed by atoms with Gasteiger partial charge in [-0.05, 0) is 24.9 Å². The van der Waals surface area contributed by atoms with Crippen molar-refractivity contribution in [3.05, 3.63) is 0 Å². The zero-order valence-corrected chi connectivity index (χ0v) is 10.1. The maximum absolute atomic E-state index is 11.3. The van der Waals surface area contributed by atoms with E-state index in [4.69, 9.17) is 5.11 Å². The van der Waals surface area contributed by atoms with Gasteiger partial charge >= 0.3 is 5.97 Å². The molecule has 88 valence electrons. The summed E-state index contributed by atoms with van der Waals surface area (Å²) in [7, 11) is 0. The maximum Gasteiger partial charge on any atom is 0.326 e. The number of thioether (sulfide) groups is 1. The fourth-order valence-electron chi connectivity index (χ4n) is 1.10. The molecule has 0 aromatic carbocycles. The standard InChI is InChI=1S/C10H19NO3S/c1-3-4-5-9(12)11-8(10(13)14)6-7-15-2/h8H,3-7H2,1-2H3,(H,11,12)(H,13,14). The zero-order chi connectivity index (χ0) is 11.7. The van der Waals surface area contributed by atoms with E-state index in [1.54, 1.807) is 11.8 Å². The van der Waals surface area contributed by atoms with Crippen LogP contribution in [0.3, 0.4) is 0 Å². The van der Waals surface area contributed by atoms with E-state index in [0.29, 0.717) is 12.8 Å². The Labute approximate surface area is 94.8 Å². The molecule has 15 heavy (non-hydrogen) atoms. The van der Waals surface area contributed by atoms with Crippen molar-refractivity contribution in [1.29, 1.82) is 0 Å². The number of hydrogen-bond donors (Lipinski definition) is 2. The minimum Gasteiger partial charge on any atom is -0.480 e. The van der Waals surface area contributed by atoms with Crippen LogP contribution in [0, 0.1) is 0 Å². The van der Waals surface area contributed by atoms with Crippen LogP contribution >= 0.6 is 11.8 Å². The Balaban J connectivity index is 3.93. The summed E-state index contributed by atoms with van der Waals surface area (Å²) >= 11 is 1.58. The van der Waals surface area contributed by atoms with Crippen molar-refractivity contribution in [3.8, 4) is 0 Å². The van der Waals surface area contributed by atoms with Gasteiger partial charge in [-0.3, -0.25) is 4.79 Å². The Kier molecular flexibility index (Phi) is 8.18. The second-order valence-electron chi connectivity index (χ2n) is 3.34. The summed E-state index contributed by atoms with van der Waals surface area (Å²) in [6, 6.07) is -0.734. The lowest BCUT2D eigenvalue weighted by molar-refractivity contribution is -0.141. The molecule has 0 fully saturated rings. The molecule has 0 aliphatic carbocycles. The van der Waals surface area contributed by atoms with Crippen LogP contribution in [0.15, 0.2) is 0 Å². The summed E-state index contributed by atoms with van der Waals surface area (Å²) in [6.45, 7) is 2.00. The SMILES string of the molecule is CCCCC(=O)NC(CCSC)C(=O)O. The fraction of sp³-hybridized carbons (Fsp3) is 0.800. The van der Waals surface area contributed by atoms with Gasteiger partial charge in [0.1, 0.15) is 6.04 Å². The van der Waals surface area contributed by atoms with E-state index < -0.39 is 12.0 Å². The van der Waals surface area contributed by atoms with Crippen LogP contribution in [-0.4, -0.2) is 35.0 Å². The van der Waals surface area contributed by atoms with Crippen LogP contribution in [0.1, 0.15) is 32.6 Å². The molecule has 0 rings (SSSR count). The summed E-state index contributed by atoms with van der Waals surface area (Å²) in [5.41, 5.74) is 0. The molecule has 0 saturated carbocycles. The quantitative estimate of drug-likeness (QED) is 0.666. The van der Waals surface area contributed by atoms with Gasteiger partial charge in [0.15, 0.2) is 0 Å². The molecule has 0 aromatic rings. The van der Waals surface area contributed by atoms with Crippen molar-refractivity contribution in [2.75, 3.05) is 12.0 Å². The Hall–Kier alpha value is -0.710. The summed E-state index contributed by atoms with van der Waals surface area (Å²) in [4.78, 5) is 22.1. The first-order chi connectivity index (χ1) is 7.11. The Bertz CT molecular complexity index is 209. The Morgan fingerprint density at radius 3 is 2.60 bits per heavy atom. The number of carboxylic acid groups (broad SMARTS) is 1. The monoisotopic (exact) mass is 233 g/mol. The van der Waals surface area contributed by atoms with Gasteiger partial charge in [0.05, 0.1) is 0 Å². The third-order valence-electron chi connectivity index (χ3n) is 2.00. The van der Waals surface area contributed by atoms with Crippen molar-refractivity contribution in [1.82, 2.24) is 5.32 Å². The lowest BCUT2D eigenvalue weighted by atomic mass is 10.2. The molecule has 5 heteroatoms. The van der Waals surface area contributed by atoms with E-state index in [1.807, 2.05) is 13.2 Å². The normalized spacial score (nSPS) is 12.1. The van der Waals surface area contributed by atoms with Gasteiger partial charge in [-0.25, -0.2) is 4.79 Å². The minimum atomic E-state index is -0.950. The van der Waals surface area contributed by atoms with Crippen LogP contribution in [0.4, 0.5) is 0 Å². The van der Waals surface area contributed by atoms with Crippen LogP contribution < -0.4 is 5.32 Å². The van der Waals surface area contributed by atoms with Crippen LogP contribution in [0.25, 0.3) is 0 Å². The second kappa shape index (κ2) is 8.59. The molecular formula is C10H19NO3S. The van der Waals surface area contributed by atoms with Gasteiger partial charge in [0.25, 0.3) is 0 Å². The van der Waals surface area contributed by atoms with Crippen molar-refractivity contribution in [2.45, 2.75) is 38.6 Å². The lowest BCUT2D eigenvalue weighted by Crippen LogP contribution is -2.41. The van der Waals surface area contributed by atoms with Crippen molar-refractivity contribution in [2.24, 2.45) is 0 Å². The van der Waals surface area contributed by atoms with Crippen molar-refractivity contribution < 1.29 is 14.7 Å². The van der Waals surface area contributed by atoms with Crippen molar-refractivity contribution >= 4 is 23.6 Å². The number of unbranched alkanes of at least 4 members (excludes halogenated alkanes) is 1. The van der Waals surface area contributed by atoms with Gasteiger partial charge in [0, 0.05) is 6.42 Å². The molecule has 0 aromatic heterocycles. The van der Waals surface area contributed by atoms with E-state index in [0.717, 1.165) is 18.6 Å². The molecule has 0 heterocycles. The predicted molar refractivity (Wildman–Crippen MR) is 62.1 cm³/mol. The van der Waals surface area contributed by atoms with Crippen LogP contribution in [-0.2, 0) is 9.59 Å².